The number of hydrogen-bond acceptors (Lipinski definition) is 18. The second-order valence-corrected chi connectivity index (χ2v) is 20.7. The first-order valence-corrected chi connectivity index (χ1v) is 27.6. The summed E-state index contributed by atoms with van der Waals surface area (Å²) in [6.07, 6.45) is 0.809. The molecule has 0 unspecified atom stereocenters. The Labute approximate surface area is 465 Å². The van der Waals surface area contributed by atoms with Crippen molar-refractivity contribution in [2.75, 3.05) is 45.9 Å². The van der Waals surface area contributed by atoms with E-state index in [4.69, 9.17) is 18.8 Å². The standard InChI is InChI=1S/C56H56N10O12S2/c1-37(2)75-33-17-31-57-77-78-79-47-35-39(59-61-49-51(67)63(41-19-9-5-10-20-41)55(71)64(52(49)68)42-21-11-6-12-22-42)27-29-45(47)46-30-28-40(36-48(46)80(73,74)58-32-18-34-76-38(3)4)60-62-50-53(69)65(43-23-13-7-14-24-43)56(72)66(54(50)70)44-25-15-8-16-26-44/h5-16,19-30,35-38,49-50,57-58H,17-18,31-34H2,1-4H3. The summed E-state index contributed by atoms with van der Waals surface area (Å²) in [5.41, 5.74) is 3.76. The molecule has 0 atom stereocenters. The number of ether oxygens (including phenoxy) is 2. The molecule has 80 heavy (non-hydrogen) atoms. The molecule has 2 N–H and O–H groups in total. The average molecular weight is 1130 g/mol. The van der Waals surface area contributed by atoms with Gasteiger partial charge in [0.25, 0.3) is 23.6 Å². The smallest absolute Gasteiger partial charge is 0.342 e. The van der Waals surface area contributed by atoms with Crippen LogP contribution in [0.4, 0.5) is 43.7 Å². The number of anilines is 4. The molecular formula is C56H56N10O12S2. The van der Waals surface area contributed by atoms with Crippen LogP contribution in [-0.4, -0.2) is 94.7 Å². The summed E-state index contributed by atoms with van der Waals surface area (Å²) in [6, 6.07) is 35.1. The van der Waals surface area contributed by atoms with E-state index in [0.717, 1.165) is 19.6 Å². The summed E-state index contributed by atoms with van der Waals surface area (Å²) in [6.45, 7) is 8.53. The number of azo groups is 2. The molecule has 0 bridgehead atoms. The molecule has 2 aliphatic heterocycles. The van der Waals surface area contributed by atoms with Gasteiger partial charge in [-0.05, 0) is 119 Å². The van der Waals surface area contributed by atoms with Gasteiger partial charge in [-0.2, -0.15) is 25.9 Å². The highest BCUT2D eigenvalue weighted by molar-refractivity contribution is 7.94. The largest absolute Gasteiger partial charge is 0.379 e. The zero-order valence-electron chi connectivity index (χ0n) is 43.9. The maximum Gasteiger partial charge on any atom is 0.342 e. The van der Waals surface area contributed by atoms with Crippen LogP contribution in [0.1, 0.15) is 40.5 Å². The zero-order chi connectivity index (χ0) is 56.8. The lowest BCUT2D eigenvalue weighted by Crippen LogP contribution is -2.62. The Kier molecular flexibility index (Phi) is 19.6. The molecule has 8 rings (SSSR count). The highest BCUT2D eigenvalue weighted by Crippen LogP contribution is 2.40. The lowest BCUT2D eigenvalue weighted by molar-refractivity contribution is -0.245. The molecule has 0 radical (unpaired) electrons. The van der Waals surface area contributed by atoms with Crippen molar-refractivity contribution in [2.24, 2.45) is 20.5 Å². The molecular weight excluding hydrogens is 1070 g/mol. The molecule has 2 aliphatic rings. The monoisotopic (exact) mass is 1120 g/mol. The van der Waals surface area contributed by atoms with Gasteiger partial charge in [0.05, 0.1) is 63.3 Å². The molecule has 6 aromatic carbocycles. The van der Waals surface area contributed by atoms with Crippen molar-refractivity contribution < 1.29 is 56.0 Å². The molecule has 8 amide bonds. The number of carbonyl (C=O) groups is 6. The summed E-state index contributed by atoms with van der Waals surface area (Å²) < 4.78 is 48.5. The van der Waals surface area contributed by atoms with Crippen LogP contribution in [0.5, 0.6) is 0 Å². The number of nitrogens with one attached hydrogen (secondary N) is 2. The third-order valence-electron chi connectivity index (χ3n) is 11.9. The van der Waals surface area contributed by atoms with Crippen LogP contribution >= 0.6 is 12.0 Å². The molecule has 0 saturated carbocycles. The molecule has 6 aromatic rings. The minimum atomic E-state index is -4.45. The van der Waals surface area contributed by atoms with Crippen LogP contribution < -0.4 is 29.8 Å². The van der Waals surface area contributed by atoms with Gasteiger partial charge in [-0.25, -0.2) is 42.3 Å². The molecule has 0 aromatic heterocycles. The Bertz CT molecular complexity index is 3240. The summed E-state index contributed by atoms with van der Waals surface area (Å²) in [5, 5.41) is 17.0. The van der Waals surface area contributed by atoms with Crippen LogP contribution in [0.2, 0.25) is 0 Å². The fourth-order valence-corrected chi connectivity index (χ4v) is 10.0. The van der Waals surface area contributed by atoms with Crippen molar-refractivity contribution in [3.05, 3.63) is 158 Å². The van der Waals surface area contributed by atoms with Crippen molar-refractivity contribution >= 4 is 91.9 Å². The highest BCUT2D eigenvalue weighted by Gasteiger charge is 2.49. The third kappa shape index (κ3) is 14.0. The number of carbonyl (C=O) groups excluding carboxylic acids is 6. The fraction of sp³-hybridized carbons (Fsp3) is 0.250. The van der Waals surface area contributed by atoms with E-state index >= 15 is 0 Å². The van der Waals surface area contributed by atoms with Gasteiger partial charge in [0.1, 0.15) is 0 Å². The van der Waals surface area contributed by atoms with Gasteiger partial charge in [-0.15, -0.1) is 9.32 Å². The lowest BCUT2D eigenvalue weighted by Gasteiger charge is -2.35. The lowest BCUT2D eigenvalue weighted by atomic mass is 10.0. The van der Waals surface area contributed by atoms with Crippen LogP contribution in [-0.2, 0) is 48.0 Å². The maximum absolute atomic E-state index is 14.6. The number of hydrogen-bond donors (Lipinski definition) is 2. The van der Waals surface area contributed by atoms with Crippen molar-refractivity contribution in [3.63, 3.8) is 0 Å². The van der Waals surface area contributed by atoms with Crippen molar-refractivity contribution in [1.29, 1.82) is 0 Å². The van der Waals surface area contributed by atoms with E-state index in [-0.39, 0.29) is 80.4 Å². The van der Waals surface area contributed by atoms with E-state index in [9.17, 15) is 37.2 Å². The molecule has 24 heteroatoms. The van der Waals surface area contributed by atoms with Gasteiger partial charge in [0.15, 0.2) is 0 Å². The first kappa shape index (κ1) is 58.0. The van der Waals surface area contributed by atoms with Crippen LogP contribution in [0.25, 0.3) is 11.1 Å². The highest BCUT2D eigenvalue weighted by atomic mass is 32.2. The van der Waals surface area contributed by atoms with Gasteiger partial charge in [0, 0.05) is 36.8 Å². The van der Waals surface area contributed by atoms with Crippen LogP contribution in [0.15, 0.2) is 188 Å². The number of benzene rings is 6. The Balaban J connectivity index is 1.17. The number of rotatable bonds is 25. The van der Waals surface area contributed by atoms with E-state index in [2.05, 4.69) is 30.7 Å². The van der Waals surface area contributed by atoms with E-state index in [1.807, 2.05) is 27.7 Å². The SMILES string of the molecule is CC(C)OCCCNOOSc1cc(N=NC2C(=O)N(c3ccccc3)C(=O)N(c3ccccc3)C2=O)ccc1-c1ccc(N=NC2C(=O)N(c3ccccc3)C(=O)N(c3ccccc3)C2=O)cc1S(=O)(=O)NCCCOC(C)C. The van der Waals surface area contributed by atoms with E-state index in [1.165, 1.54) is 60.7 Å². The minimum Gasteiger partial charge on any atom is -0.379 e. The summed E-state index contributed by atoms with van der Waals surface area (Å²) >= 11 is 0.662. The number of sulfonamides is 1. The number of urea groups is 2. The van der Waals surface area contributed by atoms with Gasteiger partial charge in [0.2, 0.25) is 22.1 Å². The van der Waals surface area contributed by atoms with E-state index < -0.39 is 57.8 Å². The van der Waals surface area contributed by atoms with Crippen molar-refractivity contribution in [3.8, 4) is 11.1 Å². The normalized spacial score (nSPS) is 15.1. The summed E-state index contributed by atoms with van der Waals surface area (Å²) in [4.78, 5) is 92.7. The number of nitrogens with zero attached hydrogens (tertiary/aromatic N) is 8. The zero-order valence-corrected chi connectivity index (χ0v) is 45.5. The van der Waals surface area contributed by atoms with Crippen LogP contribution in [0.3, 0.4) is 0 Å². The second kappa shape index (κ2) is 27.1. The summed E-state index contributed by atoms with van der Waals surface area (Å²) in [7, 11) is -4.45. The van der Waals surface area contributed by atoms with Crippen molar-refractivity contribution in [2.45, 2.75) is 74.6 Å². The maximum atomic E-state index is 14.6. The third-order valence-corrected chi connectivity index (χ3v) is 14.0. The Hall–Kier alpha value is -8.20. The van der Waals surface area contributed by atoms with Gasteiger partial charge < -0.3 is 9.47 Å². The van der Waals surface area contributed by atoms with E-state index in [0.29, 0.717) is 38.0 Å². The Morgan fingerprint density at radius 3 is 1.31 bits per heavy atom. The Morgan fingerprint density at radius 1 is 0.512 bits per heavy atom. The predicted molar refractivity (Wildman–Crippen MR) is 298 cm³/mol. The number of hydroxylamine groups is 1. The molecule has 414 valence electrons. The number of imide groups is 4. The molecule has 2 saturated heterocycles. The quantitative estimate of drug-likeness (QED) is 0.0135. The summed E-state index contributed by atoms with van der Waals surface area (Å²) in [5.74, 6) is -3.86. The first-order valence-electron chi connectivity index (χ1n) is 25.3. The number of amides is 8. The minimum absolute atomic E-state index is 0.0296. The molecule has 2 heterocycles. The number of para-hydroxylation sites is 4. The second-order valence-electron chi connectivity index (χ2n) is 18.3. The van der Waals surface area contributed by atoms with Crippen LogP contribution in [0, 0.1) is 0 Å². The molecule has 22 nitrogen and oxygen atoms in total. The topological polar surface area (TPSA) is 260 Å². The molecule has 0 spiro atoms. The van der Waals surface area contributed by atoms with E-state index in [1.54, 1.807) is 97.1 Å². The first-order chi connectivity index (χ1) is 38.6. The molecule has 2 fully saturated rings. The van der Waals surface area contributed by atoms with Crippen molar-refractivity contribution in [1.82, 2.24) is 10.2 Å². The van der Waals surface area contributed by atoms with Gasteiger partial charge >= 0.3 is 12.1 Å². The number of barbiturate groups is 2. The predicted octanol–water partition coefficient (Wildman–Crippen LogP) is 10.0. The average Bonchev–Trinajstić information content (AvgIpc) is 3.45. The van der Waals surface area contributed by atoms with Gasteiger partial charge in [-0.3, -0.25) is 19.2 Å². The Morgan fingerprint density at radius 2 is 0.900 bits per heavy atom. The van der Waals surface area contributed by atoms with Gasteiger partial charge in [-0.1, -0.05) is 84.9 Å². The molecule has 0 aliphatic carbocycles. The fourth-order valence-electron chi connectivity index (χ4n) is 8.12.